The number of ether oxygens (including phenoxy) is 1. The van der Waals surface area contributed by atoms with Gasteiger partial charge in [0.15, 0.2) is 11.8 Å². The highest BCUT2D eigenvalue weighted by Crippen LogP contribution is 2.17. The SMILES string of the molecule is CSc1nc(C)c(CCC(=O)OCC(=O)NC[C@@H](C)c2ccccc2)c(C)n1. The summed E-state index contributed by atoms with van der Waals surface area (Å²) in [5.41, 5.74) is 3.85. The largest absolute Gasteiger partial charge is 0.456 e. The first-order valence-corrected chi connectivity index (χ1v) is 10.5. The Kier molecular flexibility index (Phi) is 8.44. The van der Waals surface area contributed by atoms with E-state index in [4.69, 9.17) is 4.74 Å². The maximum absolute atomic E-state index is 12.0. The van der Waals surface area contributed by atoms with Crippen molar-refractivity contribution in [2.45, 2.75) is 44.7 Å². The van der Waals surface area contributed by atoms with E-state index < -0.39 is 5.97 Å². The van der Waals surface area contributed by atoms with Gasteiger partial charge in [-0.25, -0.2) is 9.97 Å². The zero-order valence-corrected chi connectivity index (χ0v) is 17.6. The molecule has 1 heterocycles. The molecule has 1 N–H and O–H groups in total. The molecule has 0 aliphatic heterocycles. The van der Waals surface area contributed by atoms with Crippen LogP contribution in [0.2, 0.25) is 0 Å². The minimum Gasteiger partial charge on any atom is -0.456 e. The summed E-state index contributed by atoms with van der Waals surface area (Å²) < 4.78 is 5.09. The van der Waals surface area contributed by atoms with Crippen LogP contribution >= 0.6 is 11.8 Å². The fourth-order valence-electron chi connectivity index (χ4n) is 2.82. The standard InChI is InChI=1S/C21H27N3O3S/c1-14(17-8-6-5-7-9-17)12-22-19(25)13-27-20(26)11-10-18-15(2)23-21(28-4)24-16(18)3/h5-9,14H,10-13H2,1-4H3,(H,22,25)/t14-/m1/s1. The van der Waals surface area contributed by atoms with Gasteiger partial charge < -0.3 is 10.1 Å². The first-order chi connectivity index (χ1) is 13.4. The normalized spacial score (nSPS) is 11.7. The van der Waals surface area contributed by atoms with Crippen molar-refractivity contribution in [3.05, 3.63) is 52.8 Å². The maximum atomic E-state index is 12.0. The van der Waals surface area contributed by atoms with Crippen molar-refractivity contribution in [2.24, 2.45) is 0 Å². The molecule has 1 aromatic heterocycles. The van der Waals surface area contributed by atoms with E-state index in [9.17, 15) is 9.59 Å². The number of nitrogens with one attached hydrogen (secondary N) is 1. The smallest absolute Gasteiger partial charge is 0.306 e. The minimum absolute atomic E-state index is 0.191. The van der Waals surface area contributed by atoms with Crippen LogP contribution in [-0.4, -0.2) is 41.3 Å². The highest BCUT2D eigenvalue weighted by molar-refractivity contribution is 7.98. The average Bonchev–Trinajstić information content (AvgIpc) is 2.70. The van der Waals surface area contributed by atoms with Crippen LogP contribution in [0.25, 0.3) is 0 Å². The first-order valence-electron chi connectivity index (χ1n) is 9.26. The Hall–Kier alpha value is -2.41. The van der Waals surface area contributed by atoms with Crippen molar-refractivity contribution >= 4 is 23.6 Å². The molecule has 1 atom stereocenters. The van der Waals surface area contributed by atoms with Gasteiger partial charge in [-0.2, -0.15) is 0 Å². The molecule has 0 saturated carbocycles. The number of hydrogen-bond donors (Lipinski definition) is 1. The van der Waals surface area contributed by atoms with Crippen LogP contribution in [0.3, 0.4) is 0 Å². The minimum atomic E-state index is -0.404. The van der Waals surface area contributed by atoms with Gasteiger partial charge in [0, 0.05) is 24.4 Å². The summed E-state index contributed by atoms with van der Waals surface area (Å²) in [6.45, 7) is 6.10. The van der Waals surface area contributed by atoms with Crippen LogP contribution in [0, 0.1) is 13.8 Å². The van der Waals surface area contributed by atoms with Crippen molar-refractivity contribution in [1.82, 2.24) is 15.3 Å². The van der Waals surface area contributed by atoms with Crippen molar-refractivity contribution < 1.29 is 14.3 Å². The van der Waals surface area contributed by atoms with E-state index in [1.165, 1.54) is 11.8 Å². The van der Waals surface area contributed by atoms with E-state index in [1.54, 1.807) is 0 Å². The van der Waals surface area contributed by atoms with Crippen LogP contribution in [0.15, 0.2) is 35.5 Å². The summed E-state index contributed by atoms with van der Waals surface area (Å²) in [7, 11) is 0. The van der Waals surface area contributed by atoms with Gasteiger partial charge in [0.25, 0.3) is 5.91 Å². The van der Waals surface area contributed by atoms with Crippen LogP contribution in [0.4, 0.5) is 0 Å². The molecular formula is C21H27N3O3S. The van der Waals surface area contributed by atoms with Crippen LogP contribution in [0.1, 0.15) is 41.8 Å². The second kappa shape index (κ2) is 10.8. The molecule has 150 valence electrons. The zero-order chi connectivity index (χ0) is 20.5. The Morgan fingerprint density at radius 1 is 1.14 bits per heavy atom. The van der Waals surface area contributed by atoms with E-state index in [2.05, 4.69) is 15.3 Å². The fraction of sp³-hybridized carbons (Fsp3) is 0.429. The molecule has 0 fully saturated rings. The Morgan fingerprint density at radius 2 is 1.79 bits per heavy atom. The van der Waals surface area contributed by atoms with Gasteiger partial charge in [-0.3, -0.25) is 9.59 Å². The number of nitrogens with zero attached hydrogens (tertiary/aromatic N) is 2. The van der Waals surface area contributed by atoms with Crippen LogP contribution in [-0.2, 0) is 20.7 Å². The summed E-state index contributed by atoms with van der Waals surface area (Å²) in [5, 5.41) is 3.53. The summed E-state index contributed by atoms with van der Waals surface area (Å²) >= 11 is 1.49. The summed E-state index contributed by atoms with van der Waals surface area (Å²) in [6.07, 6.45) is 2.62. The van der Waals surface area contributed by atoms with Crippen molar-refractivity contribution in [1.29, 1.82) is 0 Å². The van der Waals surface area contributed by atoms with E-state index in [1.807, 2.05) is 57.4 Å². The van der Waals surface area contributed by atoms with Crippen molar-refractivity contribution in [3.8, 4) is 0 Å². The van der Waals surface area contributed by atoms with Crippen molar-refractivity contribution in [2.75, 3.05) is 19.4 Å². The average molecular weight is 402 g/mol. The molecule has 1 aromatic carbocycles. The third-order valence-corrected chi connectivity index (χ3v) is 5.05. The summed E-state index contributed by atoms with van der Waals surface area (Å²) in [5.74, 6) is -0.508. The predicted molar refractivity (Wildman–Crippen MR) is 110 cm³/mol. The van der Waals surface area contributed by atoms with E-state index in [0.717, 1.165) is 27.7 Å². The Balaban J connectivity index is 1.73. The molecule has 2 rings (SSSR count). The Morgan fingerprint density at radius 3 is 2.39 bits per heavy atom. The van der Waals surface area contributed by atoms with Gasteiger partial charge in [0.1, 0.15) is 0 Å². The number of aryl methyl sites for hydroxylation is 2. The molecular weight excluding hydrogens is 374 g/mol. The second-order valence-electron chi connectivity index (χ2n) is 6.64. The van der Waals surface area contributed by atoms with Crippen LogP contribution < -0.4 is 5.32 Å². The van der Waals surface area contributed by atoms with Gasteiger partial charge in [0.2, 0.25) is 0 Å². The van der Waals surface area contributed by atoms with Gasteiger partial charge in [-0.1, -0.05) is 49.0 Å². The molecule has 2 aromatic rings. The molecule has 1 amide bonds. The molecule has 6 nitrogen and oxygen atoms in total. The fourth-order valence-corrected chi connectivity index (χ4v) is 3.28. The molecule has 0 unspecified atom stereocenters. The number of hydrogen-bond acceptors (Lipinski definition) is 6. The lowest BCUT2D eigenvalue weighted by Gasteiger charge is -2.13. The third kappa shape index (κ3) is 6.64. The lowest BCUT2D eigenvalue weighted by Crippen LogP contribution is -2.31. The molecule has 28 heavy (non-hydrogen) atoms. The quantitative estimate of drug-likeness (QED) is 0.395. The predicted octanol–water partition coefficient (Wildman–Crippen LogP) is 3.21. The van der Waals surface area contributed by atoms with Crippen LogP contribution in [0.5, 0.6) is 0 Å². The number of carbonyl (C=O) groups is 2. The third-order valence-electron chi connectivity index (χ3n) is 4.50. The lowest BCUT2D eigenvalue weighted by molar-refractivity contribution is -0.148. The Bertz CT molecular complexity index is 789. The monoisotopic (exact) mass is 401 g/mol. The highest BCUT2D eigenvalue weighted by Gasteiger charge is 2.13. The van der Waals surface area contributed by atoms with Crippen molar-refractivity contribution in [3.63, 3.8) is 0 Å². The number of rotatable bonds is 9. The van der Waals surface area contributed by atoms with Gasteiger partial charge >= 0.3 is 5.97 Å². The lowest BCUT2D eigenvalue weighted by atomic mass is 10.0. The van der Waals surface area contributed by atoms with Gasteiger partial charge in [-0.05, 0) is 43.6 Å². The number of thioether (sulfide) groups is 1. The molecule has 0 aliphatic carbocycles. The highest BCUT2D eigenvalue weighted by atomic mass is 32.2. The van der Waals surface area contributed by atoms with E-state index in [-0.39, 0.29) is 24.9 Å². The number of carbonyl (C=O) groups excluding carboxylic acids is 2. The molecule has 0 bridgehead atoms. The van der Waals surface area contributed by atoms with Gasteiger partial charge in [0.05, 0.1) is 0 Å². The number of aromatic nitrogens is 2. The first kappa shape index (κ1) is 21.9. The number of amides is 1. The zero-order valence-electron chi connectivity index (χ0n) is 16.8. The topological polar surface area (TPSA) is 81.2 Å². The molecule has 0 aliphatic rings. The van der Waals surface area contributed by atoms with E-state index in [0.29, 0.717) is 13.0 Å². The molecule has 7 heteroatoms. The van der Waals surface area contributed by atoms with E-state index >= 15 is 0 Å². The number of esters is 1. The molecule has 0 saturated heterocycles. The summed E-state index contributed by atoms with van der Waals surface area (Å²) in [6, 6.07) is 9.95. The Labute approximate surface area is 170 Å². The number of benzene rings is 1. The molecule has 0 radical (unpaired) electrons. The van der Waals surface area contributed by atoms with Gasteiger partial charge in [-0.15, -0.1) is 0 Å². The molecule has 0 spiro atoms. The maximum Gasteiger partial charge on any atom is 0.306 e. The summed E-state index contributed by atoms with van der Waals surface area (Å²) in [4.78, 5) is 32.7. The second-order valence-corrected chi connectivity index (χ2v) is 7.41.